The van der Waals surface area contributed by atoms with E-state index in [0.29, 0.717) is 5.69 Å². The molecule has 2 atom stereocenters. The minimum Gasteiger partial charge on any atom is -0.427 e. The Hall–Kier alpha value is -3.42. The van der Waals surface area contributed by atoms with Crippen LogP contribution in [0.25, 0.3) is 0 Å². The van der Waals surface area contributed by atoms with Crippen molar-refractivity contribution in [2.45, 2.75) is 32.9 Å². The fourth-order valence-electron chi connectivity index (χ4n) is 3.95. The summed E-state index contributed by atoms with van der Waals surface area (Å²) in [5.74, 6) is -5.67. The predicted octanol–water partition coefficient (Wildman–Crippen LogP) is 3.74. The molecule has 0 N–H and O–H groups in total. The molecule has 0 unspecified atom stereocenters. The summed E-state index contributed by atoms with van der Waals surface area (Å²) in [7, 11) is 0. The number of rotatable bonds is 3. The van der Waals surface area contributed by atoms with E-state index in [4.69, 9.17) is 4.74 Å². The largest absolute Gasteiger partial charge is 0.427 e. The summed E-state index contributed by atoms with van der Waals surface area (Å²) in [5, 5.41) is 0. The van der Waals surface area contributed by atoms with Crippen LogP contribution in [-0.4, -0.2) is 23.5 Å². The lowest BCUT2D eigenvalue weighted by atomic mass is 9.86. The zero-order valence-electron chi connectivity index (χ0n) is 17.2. The van der Waals surface area contributed by atoms with Crippen molar-refractivity contribution in [3.8, 4) is 0 Å². The van der Waals surface area contributed by atoms with E-state index in [9.17, 15) is 23.2 Å². The second kappa shape index (κ2) is 7.08. The van der Waals surface area contributed by atoms with Gasteiger partial charge in [0.05, 0.1) is 11.3 Å². The molecule has 2 aliphatic heterocycles. The first-order valence-corrected chi connectivity index (χ1v) is 9.76. The lowest BCUT2D eigenvalue weighted by Crippen LogP contribution is -2.42. The molecule has 4 rings (SSSR count). The maximum atomic E-state index is 14.9. The number of halogens is 2. The Kier molecular flexibility index (Phi) is 4.76. The third-order valence-corrected chi connectivity index (χ3v) is 5.38. The highest BCUT2D eigenvalue weighted by Gasteiger charge is 2.61. The molecule has 6 nitrogen and oxygen atoms in total. The molecule has 0 spiro atoms. The van der Waals surface area contributed by atoms with Gasteiger partial charge in [-0.2, -0.15) is 0 Å². The van der Waals surface area contributed by atoms with Gasteiger partial charge in [-0.3, -0.25) is 14.5 Å². The fourth-order valence-corrected chi connectivity index (χ4v) is 3.95. The van der Waals surface area contributed by atoms with Crippen molar-refractivity contribution in [1.29, 1.82) is 0 Å². The van der Waals surface area contributed by atoms with Gasteiger partial charge in [0.2, 0.25) is 17.5 Å². The van der Waals surface area contributed by atoms with Crippen molar-refractivity contribution in [3.63, 3.8) is 0 Å². The van der Waals surface area contributed by atoms with Gasteiger partial charge in [0, 0.05) is 11.8 Å². The Labute approximate surface area is 177 Å². The Morgan fingerprint density at radius 1 is 1.00 bits per heavy atom. The molecule has 2 aliphatic rings. The normalized spacial score (nSPS) is 23.9. The highest BCUT2D eigenvalue weighted by molar-refractivity contribution is 6.39. The van der Waals surface area contributed by atoms with E-state index in [1.807, 2.05) is 0 Å². The topological polar surface area (TPSA) is 76.0 Å². The molecule has 160 valence electrons. The summed E-state index contributed by atoms with van der Waals surface area (Å²) < 4.78 is 35.3. The molecule has 0 aromatic heterocycles. The van der Waals surface area contributed by atoms with Crippen LogP contribution < -0.4 is 4.90 Å². The van der Waals surface area contributed by atoms with Crippen molar-refractivity contribution in [3.05, 3.63) is 65.7 Å². The fraction of sp³-hybridized carbons (Fsp3) is 0.304. The maximum Gasteiger partial charge on any atom is 0.355 e. The number of cyclic esters (lactones) is 1. The first-order valence-electron chi connectivity index (χ1n) is 9.76. The number of hydrogen-bond donors (Lipinski definition) is 0. The Morgan fingerprint density at radius 2 is 1.61 bits per heavy atom. The van der Waals surface area contributed by atoms with Crippen molar-refractivity contribution in [1.82, 2.24) is 0 Å². The number of esters is 1. The molecule has 0 radical (unpaired) electrons. The second-order valence-corrected chi connectivity index (χ2v) is 8.55. The summed E-state index contributed by atoms with van der Waals surface area (Å²) in [6, 6.07) is 11.3. The number of ether oxygens (including phenoxy) is 1. The van der Waals surface area contributed by atoms with Crippen LogP contribution in [0.4, 0.5) is 14.5 Å². The summed E-state index contributed by atoms with van der Waals surface area (Å²) >= 11 is 0. The molecule has 2 aromatic carbocycles. The number of benzene rings is 2. The minimum absolute atomic E-state index is 0.0615. The van der Waals surface area contributed by atoms with Gasteiger partial charge >= 0.3 is 5.97 Å². The Morgan fingerprint density at radius 3 is 2.16 bits per heavy atom. The zero-order chi connectivity index (χ0) is 22.6. The summed E-state index contributed by atoms with van der Waals surface area (Å²) in [4.78, 5) is 44.1. The number of imide groups is 1. The molecule has 2 aromatic rings. The number of carbonyl (C=O) groups excluding carboxylic acids is 3. The molecule has 8 heteroatoms. The van der Waals surface area contributed by atoms with Crippen LogP contribution in [0.3, 0.4) is 0 Å². The monoisotopic (exact) mass is 426 g/mol. The second-order valence-electron chi connectivity index (χ2n) is 8.55. The van der Waals surface area contributed by atoms with E-state index in [0.717, 1.165) is 23.1 Å². The minimum atomic E-state index is -2.31. The van der Waals surface area contributed by atoms with Gasteiger partial charge in [-0.15, -0.1) is 0 Å². The van der Waals surface area contributed by atoms with E-state index >= 15 is 0 Å². The predicted molar refractivity (Wildman–Crippen MR) is 108 cm³/mol. The highest BCUT2D eigenvalue weighted by atomic mass is 19.1. The van der Waals surface area contributed by atoms with Gasteiger partial charge in [-0.1, -0.05) is 45.0 Å². The van der Waals surface area contributed by atoms with E-state index < -0.39 is 58.5 Å². The van der Waals surface area contributed by atoms with Gasteiger partial charge in [0.25, 0.3) is 0 Å². The lowest BCUT2D eigenvalue weighted by Gasteiger charge is -2.30. The molecule has 2 amide bonds. The van der Waals surface area contributed by atoms with Crippen LogP contribution in [0.2, 0.25) is 0 Å². The number of nitrogens with zero attached hydrogens (tertiary/aromatic N) is 2. The first kappa shape index (κ1) is 20.8. The highest BCUT2D eigenvalue weighted by Crippen LogP contribution is 2.48. The molecular formula is C23H20F2N2O4. The van der Waals surface area contributed by atoms with E-state index in [2.05, 4.69) is 4.99 Å². The van der Waals surface area contributed by atoms with Crippen LogP contribution in [0.15, 0.2) is 53.5 Å². The molecule has 0 bridgehead atoms. The Balaban J connectivity index is 1.92. The number of para-hydroxylation sites is 1. The maximum absolute atomic E-state index is 14.9. The third kappa shape index (κ3) is 3.22. The molecule has 2 heterocycles. The van der Waals surface area contributed by atoms with Crippen LogP contribution >= 0.6 is 0 Å². The number of carbonyl (C=O) groups is 3. The summed E-state index contributed by atoms with van der Waals surface area (Å²) in [6.07, 6.45) is -0.421. The van der Waals surface area contributed by atoms with Crippen LogP contribution in [0.1, 0.15) is 32.8 Å². The molecule has 1 saturated heterocycles. The van der Waals surface area contributed by atoms with Gasteiger partial charge in [0.1, 0.15) is 23.3 Å². The van der Waals surface area contributed by atoms with Gasteiger partial charge < -0.3 is 4.74 Å². The van der Waals surface area contributed by atoms with E-state index in [1.165, 1.54) is 0 Å². The average Bonchev–Trinajstić information content (AvgIpc) is 3.19. The first-order chi connectivity index (χ1) is 14.6. The standard InChI is InChI=1S/C23H20F2N2O4/c1-22(2,3)19-21(30)31-23(26-19,18-15(24)10-7-11-16(18)25)14-12-17(28)27(20(14)29)13-8-5-4-6-9-13/h4-11,14H,12H2,1-3H3/t14-,23+/m0/s1. The van der Waals surface area contributed by atoms with Crippen LogP contribution in [0.5, 0.6) is 0 Å². The number of hydrogen-bond acceptors (Lipinski definition) is 5. The Bertz CT molecular complexity index is 1100. The third-order valence-electron chi connectivity index (χ3n) is 5.38. The SMILES string of the molecule is CC(C)(C)C1=N[C@](c2c(F)cccc2F)([C@H]2CC(=O)N(c3ccccc3)C2=O)OC1=O. The van der Waals surface area contributed by atoms with Crippen molar-refractivity contribution >= 4 is 29.2 Å². The lowest BCUT2D eigenvalue weighted by molar-refractivity contribution is -0.157. The smallest absolute Gasteiger partial charge is 0.355 e. The molecule has 0 saturated carbocycles. The molecular weight excluding hydrogens is 406 g/mol. The van der Waals surface area contributed by atoms with Gasteiger partial charge in [-0.25, -0.2) is 18.6 Å². The summed E-state index contributed by atoms with van der Waals surface area (Å²) in [5.41, 5.74) is -3.54. The molecule has 0 aliphatic carbocycles. The zero-order valence-corrected chi connectivity index (χ0v) is 17.2. The number of anilines is 1. The van der Waals surface area contributed by atoms with Crippen LogP contribution in [0, 0.1) is 23.0 Å². The van der Waals surface area contributed by atoms with Crippen molar-refractivity contribution in [2.75, 3.05) is 4.90 Å². The quantitative estimate of drug-likeness (QED) is 0.554. The van der Waals surface area contributed by atoms with Gasteiger partial charge in [-0.05, 0) is 24.3 Å². The average molecular weight is 426 g/mol. The van der Waals surface area contributed by atoms with E-state index in [1.54, 1.807) is 51.1 Å². The van der Waals surface area contributed by atoms with Crippen molar-refractivity contribution < 1.29 is 27.9 Å². The number of aliphatic imine (C=N–C) groups is 1. The van der Waals surface area contributed by atoms with Crippen molar-refractivity contribution in [2.24, 2.45) is 16.3 Å². The molecule has 1 fully saturated rings. The van der Waals surface area contributed by atoms with Gasteiger partial charge in [0.15, 0.2) is 0 Å². The molecule has 31 heavy (non-hydrogen) atoms. The summed E-state index contributed by atoms with van der Waals surface area (Å²) in [6.45, 7) is 5.08. The van der Waals surface area contributed by atoms with E-state index in [-0.39, 0.29) is 5.71 Å². The van der Waals surface area contributed by atoms with Crippen LogP contribution in [-0.2, 0) is 24.8 Å². The number of amides is 2.